The lowest BCUT2D eigenvalue weighted by Crippen LogP contribution is -2.58. The zero-order chi connectivity index (χ0) is 28.5. The van der Waals surface area contributed by atoms with Crippen LogP contribution in [-0.2, 0) is 28.8 Å². The normalized spacial score (nSPS) is 14.1. The molecule has 0 aromatic rings. The molecule has 0 aliphatic rings. The van der Waals surface area contributed by atoms with Crippen LogP contribution in [0.1, 0.15) is 52.4 Å². The molecule has 0 unspecified atom stereocenters. The van der Waals surface area contributed by atoms with Gasteiger partial charge in [-0.25, -0.2) is 4.79 Å². The predicted molar refractivity (Wildman–Crippen MR) is 131 cm³/mol. The molecule has 37 heavy (non-hydrogen) atoms. The minimum Gasteiger partial charge on any atom is -0.481 e. The van der Waals surface area contributed by atoms with E-state index >= 15 is 0 Å². The van der Waals surface area contributed by atoms with Gasteiger partial charge in [-0.1, -0.05) is 13.8 Å². The monoisotopic (exact) mass is 532 g/mol. The van der Waals surface area contributed by atoms with E-state index in [2.05, 4.69) is 16.0 Å². The maximum Gasteiger partial charge on any atom is 0.328 e. The molecule has 11 N–H and O–H groups in total. The first kappa shape index (κ1) is 33.7. The number of aliphatic carboxylic acids is 2. The van der Waals surface area contributed by atoms with Gasteiger partial charge in [0.25, 0.3) is 0 Å². The first-order valence-electron chi connectivity index (χ1n) is 12.0. The van der Waals surface area contributed by atoms with Crippen LogP contribution in [0.3, 0.4) is 0 Å². The number of hydrogen-bond donors (Lipinski definition) is 9. The van der Waals surface area contributed by atoms with Gasteiger partial charge in [-0.2, -0.15) is 0 Å². The largest absolute Gasteiger partial charge is 0.481 e. The summed E-state index contributed by atoms with van der Waals surface area (Å²) in [6, 6.07) is -5.27. The molecule has 0 saturated carbocycles. The number of carbonyl (C=O) groups excluding carboxylic acids is 4. The van der Waals surface area contributed by atoms with Crippen molar-refractivity contribution in [2.45, 2.75) is 76.5 Å². The lowest BCUT2D eigenvalue weighted by Gasteiger charge is -2.26. The maximum atomic E-state index is 13.1. The van der Waals surface area contributed by atoms with Gasteiger partial charge in [0.05, 0.1) is 13.2 Å². The molecule has 0 aromatic heterocycles. The topological polar surface area (TPSA) is 263 Å². The van der Waals surface area contributed by atoms with Crippen molar-refractivity contribution in [1.29, 1.82) is 0 Å². The van der Waals surface area contributed by atoms with Crippen LogP contribution in [0.25, 0.3) is 0 Å². The van der Waals surface area contributed by atoms with Crippen molar-refractivity contribution in [3.63, 3.8) is 0 Å². The van der Waals surface area contributed by atoms with Crippen LogP contribution in [-0.4, -0.2) is 94.8 Å². The molecule has 15 nitrogen and oxygen atoms in total. The van der Waals surface area contributed by atoms with Gasteiger partial charge in [-0.05, 0) is 44.6 Å². The second-order valence-corrected chi connectivity index (χ2v) is 8.87. The molecule has 4 amide bonds. The number of nitrogens with two attached hydrogens (primary N) is 2. The molecule has 0 aliphatic carbocycles. The Labute approximate surface area is 215 Å². The van der Waals surface area contributed by atoms with Crippen molar-refractivity contribution in [3.05, 3.63) is 0 Å². The van der Waals surface area contributed by atoms with Crippen LogP contribution in [0, 0.1) is 5.92 Å². The van der Waals surface area contributed by atoms with Gasteiger partial charge >= 0.3 is 11.9 Å². The Morgan fingerprint density at radius 1 is 0.730 bits per heavy atom. The average molecular weight is 533 g/mol. The Morgan fingerprint density at radius 2 is 1.24 bits per heavy atom. The highest BCUT2D eigenvalue weighted by Crippen LogP contribution is 2.09. The molecule has 15 heteroatoms. The van der Waals surface area contributed by atoms with Gasteiger partial charge in [0.15, 0.2) is 0 Å². The van der Waals surface area contributed by atoms with Crippen molar-refractivity contribution in [3.8, 4) is 0 Å². The van der Waals surface area contributed by atoms with Crippen molar-refractivity contribution in [1.82, 2.24) is 21.3 Å². The van der Waals surface area contributed by atoms with Gasteiger partial charge in [-0.3, -0.25) is 24.0 Å². The fourth-order valence-electron chi connectivity index (χ4n) is 3.26. The molecule has 4 atom stereocenters. The van der Waals surface area contributed by atoms with Crippen LogP contribution in [0.15, 0.2) is 0 Å². The molecular formula is C22H40N6O9. The van der Waals surface area contributed by atoms with Crippen molar-refractivity contribution < 1.29 is 44.1 Å². The standard InChI is InChI=1S/C22H40N6O9/c1-12(2)9-15(27-19(33)13(5-3-4-8-23)25-17(30)10-24)21(35)26-14(6-7-18(31)32)20(34)28-16(11-29)22(36)37/h12-16,29H,3-11,23-24H2,1-2H3,(H,25,30)(H,26,35)(H,27,33)(H,28,34)(H,31,32)(H,36,37)/t13-,14-,15-,16-/m0/s1. The molecule has 0 saturated heterocycles. The summed E-state index contributed by atoms with van der Waals surface area (Å²) in [6.45, 7) is 2.69. The molecule has 0 rings (SSSR count). The van der Waals surface area contributed by atoms with Crippen LogP contribution in [0.4, 0.5) is 0 Å². The fraction of sp³-hybridized carbons (Fsp3) is 0.727. The SMILES string of the molecule is CC(C)C[C@H](NC(=O)[C@H](CCCCN)NC(=O)CN)C(=O)N[C@@H](CCC(=O)O)C(=O)N[C@@H](CO)C(=O)O. The Kier molecular flexibility index (Phi) is 16.4. The molecule has 0 aromatic carbocycles. The summed E-state index contributed by atoms with van der Waals surface area (Å²) in [4.78, 5) is 72.6. The Balaban J connectivity index is 5.70. The van der Waals surface area contributed by atoms with E-state index < -0.39 is 72.8 Å². The fourth-order valence-corrected chi connectivity index (χ4v) is 3.26. The number of carbonyl (C=O) groups is 6. The molecule has 0 heterocycles. The predicted octanol–water partition coefficient (Wildman–Crippen LogP) is -3.00. The molecule has 0 fully saturated rings. The van der Waals surface area contributed by atoms with E-state index in [-0.39, 0.29) is 31.7 Å². The van der Waals surface area contributed by atoms with E-state index in [9.17, 15) is 28.8 Å². The lowest BCUT2D eigenvalue weighted by molar-refractivity contribution is -0.144. The first-order valence-corrected chi connectivity index (χ1v) is 12.0. The van der Waals surface area contributed by atoms with Crippen molar-refractivity contribution in [2.75, 3.05) is 19.7 Å². The number of rotatable bonds is 19. The average Bonchev–Trinajstić information content (AvgIpc) is 2.82. The third-order valence-corrected chi connectivity index (χ3v) is 5.20. The van der Waals surface area contributed by atoms with Crippen LogP contribution in [0.5, 0.6) is 0 Å². The summed E-state index contributed by atoms with van der Waals surface area (Å²) in [5.41, 5.74) is 10.8. The lowest BCUT2D eigenvalue weighted by atomic mass is 10.0. The summed E-state index contributed by atoms with van der Waals surface area (Å²) in [5.74, 6) is -5.92. The van der Waals surface area contributed by atoms with Gasteiger partial charge in [-0.15, -0.1) is 0 Å². The number of carboxylic acids is 2. The van der Waals surface area contributed by atoms with Gasteiger partial charge in [0.2, 0.25) is 23.6 Å². The zero-order valence-corrected chi connectivity index (χ0v) is 21.2. The maximum absolute atomic E-state index is 13.1. The number of aliphatic hydroxyl groups is 1. The number of unbranched alkanes of at least 4 members (excludes halogenated alkanes) is 1. The number of hydrogen-bond acceptors (Lipinski definition) is 9. The third-order valence-electron chi connectivity index (χ3n) is 5.20. The summed E-state index contributed by atoms with van der Waals surface area (Å²) in [5, 5.41) is 36.7. The van der Waals surface area contributed by atoms with Crippen LogP contribution < -0.4 is 32.7 Å². The summed E-state index contributed by atoms with van der Waals surface area (Å²) in [7, 11) is 0. The minimum atomic E-state index is -1.66. The second kappa shape index (κ2) is 18.0. The highest BCUT2D eigenvalue weighted by atomic mass is 16.4. The Morgan fingerprint density at radius 3 is 1.70 bits per heavy atom. The highest BCUT2D eigenvalue weighted by Gasteiger charge is 2.31. The van der Waals surface area contributed by atoms with Gasteiger partial charge < -0.3 is 48.1 Å². The van der Waals surface area contributed by atoms with Crippen molar-refractivity contribution in [2.24, 2.45) is 17.4 Å². The minimum absolute atomic E-state index is 0.0950. The van der Waals surface area contributed by atoms with Crippen LogP contribution >= 0.6 is 0 Å². The number of amides is 4. The second-order valence-electron chi connectivity index (χ2n) is 8.87. The molecule has 0 radical (unpaired) electrons. The summed E-state index contributed by atoms with van der Waals surface area (Å²) in [6.07, 6.45) is 0.606. The highest BCUT2D eigenvalue weighted by molar-refractivity contribution is 5.95. The van der Waals surface area contributed by atoms with E-state index in [1.165, 1.54) is 0 Å². The smallest absolute Gasteiger partial charge is 0.328 e. The van der Waals surface area contributed by atoms with E-state index in [1.807, 2.05) is 5.32 Å². The molecule has 0 spiro atoms. The van der Waals surface area contributed by atoms with E-state index in [4.69, 9.17) is 26.8 Å². The van der Waals surface area contributed by atoms with Gasteiger partial charge in [0, 0.05) is 6.42 Å². The zero-order valence-electron chi connectivity index (χ0n) is 21.2. The van der Waals surface area contributed by atoms with E-state index in [1.54, 1.807) is 13.8 Å². The van der Waals surface area contributed by atoms with Crippen LogP contribution in [0.2, 0.25) is 0 Å². The summed E-state index contributed by atoms with van der Waals surface area (Å²) < 4.78 is 0. The van der Waals surface area contributed by atoms with E-state index in [0.29, 0.717) is 19.4 Å². The third kappa shape index (κ3) is 14.1. The number of carboxylic acid groups (broad SMARTS) is 2. The molecular weight excluding hydrogens is 492 g/mol. The Hall–Kier alpha value is -3.30. The first-order chi connectivity index (χ1) is 17.4. The quantitative estimate of drug-likeness (QED) is 0.0757. The number of aliphatic hydroxyl groups excluding tert-OH is 1. The van der Waals surface area contributed by atoms with Crippen molar-refractivity contribution >= 4 is 35.6 Å². The number of nitrogens with one attached hydrogen (secondary N) is 4. The Bertz CT molecular complexity index is 793. The summed E-state index contributed by atoms with van der Waals surface area (Å²) >= 11 is 0. The van der Waals surface area contributed by atoms with E-state index in [0.717, 1.165) is 0 Å². The molecule has 212 valence electrons. The molecule has 0 aliphatic heterocycles. The molecule has 0 bridgehead atoms. The van der Waals surface area contributed by atoms with Gasteiger partial charge in [0.1, 0.15) is 24.2 Å².